The average Bonchev–Trinajstić information content (AvgIpc) is 2.36. The quantitative estimate of drug-likeness (QED) is 0.883. The molecule has 2 rings (SSSR count). The molecule has 0 spiro atoms. The molecule has 0 fully saturated rings. The van der Waals surface area contributed by atoms with Gasteiger partial charge in [0.25, 0.3) is 0 Å². The Morgan fingerprint density at radius 1 is 1.47 bits per heavy atom. The Hall–Kier alpha value is -0.730. The van der Waals surface area contributed by atoms with E-state index < -0.39 is 0 Å². The Morgan fingerprint density at radius 3 is 3.00 bits per heavy atom. The molecule has 2 nitrogen and oxygen atoms in total. The Balaban J connectivity index is 2.31. The standard InChI is InChI=1S/C14H20ClNO/c1-3-7-16-14-6-4-5-11-12(14)8-10(17-2)9-13(11)15/h8-9,14,16H,3-7H2,1-2H3. The monoisotopic (exact) mass is 253 g/mol. The van der Waals surface area contributed by atoms with E-state index in [1.807, 2.05) is 6.07 Å². The molecule has 0 saturated heterocycles. The highest BCUT2D eigenvalue weighted by molar-refractivity contribution is 6.31. The van der Waals surface area contributed by atoms with E-state index >= 15 is 0 Å². The first kappa shape index (κ1) is 12.7. The summed E-state index contributed by atoms with van der Waals surface area (Å²) >= 11 is 6.32. The average molecular weight is 254 g/mol. The van der Waals surface area contributed by atoms with Crippen LogP contribution in [0.15, 0.2) is 12.1 Å². The summed E-state index contributed by atoms with van der Waals surface area (Å²) in [6, 6.07) is 4.49. The molecular weight excluding hydrogens is 234 g/mol. The van der Waals surface area contributed by atoms with Gasteiger partial charge in [-0.05, 0) is 55.5 Å². The summed E-state index contributed by atoms with van der Waals surface area (Å²) in [7, 11) is 1.69. The van der Waals surface area contributed by atoms with Gasteiger partial charge in [0.2, 0.25) is 0 Å². The lowest BCUT2D eigenvalue weighted by Crippen LogP contribution is -2.26. The van der Waals surface area contributed by atoms with Crippen LogP contribution < -0.4 is 10.1 Å². The Labute approximate surface area is 108 Å². The number of ether oxygens (including phenoxy) is 1. The van der Waals surface area contributed by atoms with Crippen molar-refractivity contribution >= 4 is 11.6 Å². The van der Waals surface area contributed by atoms with Gasteiger partial charge in [0.1, 0.15) is 5.75 Å². The zero-order valence-electron chi connectivity index (χ0n) is 10.6. The highest BCUT2D eigenvalue weighted by Crippen LogP contribution is 2.37. The first-order valence-corrected chi connectivity index (χ1v) is 6.73. The van der Waals surface area contributed by atoms with Crippen LogP contribution in [0, 0.1) is 0 Å². The van der Waals surface area contributed by atoms with Gasteiger partial charge >= 0.3 is 0 Å². The molecule has 0 bridgehead atoms. The van der Waals surface area contributed by atoms with E-state index in [9.17, 15) is 0 Å². The van der Waals surface area contributed by atoms with Gasteiger partial charge in [-0.2, -0.15) is 0 Å². The van der Waals surface area contributed by atoms with Crippen molar-refractivity contribution < 1.29 is 4.74 Å². The van der Waals surface area contributed by atoms with Crippen molar-refractivity contribution in [1.29, 1.82) is 0 Å². The number of benzene rings is 1. The predicted octanol–water partition coefficient (Wildman–Crippen LogP) is 3.73. The van der Waals surface area contributed by atoms with Crippen molar-refractivity contribution in [2.75, 3.05) is 13.7 Å². The Bertz CT molecular complexity index is 392. The summed E-state index contributed by atoms with van der Waals surface area (Å²) in [5.41, 5.74) is 2.63. The molecule has 0 saturated carbocycles. The minimum absolute atomic E-state index is 0.436. The molecule has 0 aromatic heterocycles. The van der Waals surface area contributed by atoms with E-state index in [1.165, 1.54) is 24.0 Å². The van der Waals surface area contributed by atoms with Crippen LogP contribution in [-0.4, -0.2) is 13.7 Å². The summed E-state index contributed by atoms with van der Waals surface area (Å²) in [6.45, 7) is 3.24. The molecule has 94 valence electrons. The number of hydrogen-bond donors (Lipinski definition) is 1. The first-order valence-electron chi connectivity index (χ1n) is 6.36. The van der Waals surface area contributed by atoms with Crippen LogP contribution in [0.1, 0.15) is 43.4 Å². The van der Waals surface area contributed by atoms with Crippen LogP contribution in [0.25, 0.3) is 0 Å². The van der Waals surface area contributed by atoms with Gasteiger partial charge in [-0.25, -0.2) is 0 Å². The molecule has 3 heteroatoms. The predicted molar refractivity (Wildman–Crippen MR) is 72.0 cm³/mol. The van der Waals surface area contributed by atoms with Gasteiger partial charge in [0.15, 0.2) is 0 Å². The molecule has 1 atom stereocenters. The normalized spacial score (nSPS) is 18.9. The third kappa shape index (κ3) is 2.75. The fourth-order valence-electron chi connectivity index (χ4n) is 2.49. The van der Waals surface area contributed by atoms with E-state index in [1.54, 1.807) is 7.11 Å². The molecule has 1 aliphatic carbocycles. The number of fused-ring (bicyclic) bond motifs is 1. The van der Waals surface area contributed by atoms with Crippen LogP contribution >= 0.6 is 11.6 Å². The van der Waals surface area contributed by atoms with E-state index in [0.29, 0.717) is 6.04 Å². The molecule has 1 unspecified atom stereocenters. The summed E-state index contributed by atoms with van der Waals surface area (Å²) in [5.74, 6) is 0.860. The van der Waals surface area contributed by atoms with Gasteiger partial charge in [-0.1, -0.05) is 18.5 Å². The van der Waals surface area contributed by atoms with Gasteiger partial charge < -0.3 is 10.1 Å². The Morgan fingerprint density at radius 2 is 2.29 bits per heavy atom. The van der Waals surface area contributed by atoms with Crippen LogP contribution in [0.2, 0.25) is 5.02 Å². The van der Waals surface area contributed by atoms with Crippen LogP contribution in [0.3, 0.4) is 0 Å². The van der Waals surface area contributed by atoms with E-state index in [4.69, 9.17) is 16.3 Å². The molecule has 1 aliphatic rings. The maximum atomic E-state index is 6.32. The summed E-state index contributed by atoms with van der Waals surface area (Å²) in [4.78, 5) is 0. The summed E-state index contributed by atoms with van der Waals surface area (Å²) in [6.07, 6.45) is 4.64. The van der Waals surface area contributed by atoms with Crippen molar-refractivity contribution in [2.45, 2.75) is 38.6 Å². The highest BCUT2D eigenvalue weighted by atomic mass is 35.5. The number of rotatable bonds is 4. The second-order valence-electron chi connectivity index (χ2n) is 4.58. The SMILES string of the molecule is CCCNC1CCCc2c(Cl)cc(OC)cc21. The summed E-state index contributed by atoms with van der Waals surface area (Å²) in [5, 5.41) is 4.44. The van der Waals surface area contributed by atoms with Crippen molar-refractivity contribution in [2.24, 2.45) is 0 Å². The van der Waals surface area contributed by atoms with Gasteiger partial charge in [0.05, 0.1) is 7.11 Å². The second-order valence-corrected chi connectivity index (χ2v) is 4.98. The number of nitrogens with one attached hydrogen (secondary N) is 1. The number of halogens is 1. The minimum atomic E-state index is 0.436. The van der Waals surface area contributed by atoms with E-state index in [-0.39, 0.29) is 0 Å². The molecule has 17 heavy (non-hydrogen) atoms. The van der Waals surface area contributed by atoms with Gasteiger partial charge in [-0.15, -0.1) is 0 Å². The van der Waals surface area contributed by atoms with Crippen LogP contribution in [-0.2, 0) is 6.42 Å². The molecule has 1 aromatic rings. The fraction of sp³-hybridized carbons (Fsp3) is 0.571. The van der Waals surface area contributed by atoms with Crippen molar-refractivity contribution in [3.63, 3.8) is 0 Å². The molecule has 0 amide bonds. The van der Waals surface area contributed by atoms with Crippen molar-refractivity contribution in [1.82, 2.24) is 5.32 Å². The molecule has 0 radical (unpaired) electrons. The summed E-state index contributed by atoms with van der Waals surface area (Å²) < 4.78 is 5.30. The van der Waals surface area contributed by atoms with Crippen molar-refractivity contribution in [3.05, 3.63) is 28.3 Å². The zero-order valence-corrected chi connectivity index (χ0v) is 11.3. The Kier molecular flexibility index (Phi) is 4.30. The molecular formula is C14H20ClNO. The van der Waals surface area contributed by atoms with Gasteiger partial charge in [-0.3, -0.25) is 0 Å². The maximum Gasteiger partial charge on any atom is 0.120 e. The van der Waals surface area contributed by atoms with Crippen LogP contribution in [0.5, 0.6) is 5.75 Å². The smallest absolute Gasteiger partial charge is 0.120 e. The zero-order chi connectivity index (χ0) is 12.3. The highest BCUT2D eigenvalue weighted by Gasteiger charge is 2.22. The lowest BCUT2D eigenvalue weighted by molar-refractivity contribution is 0.409. The molecule has 0 aliphatic heterocycles. The molecule has 1 aromatic carbocycles. The first-order chi connectivity index (χ1) is 8.26. The topological polar surface area (TPSA) is 21.3 Å². The second kappa shape index (κ2) is 5.74. The van der Waals surface area contributed by atoms with Crippen LogP contribution in [0.4, 0.5) is 0 Å². The molecule has 1 N–H and O–H groups in total. The maximum absolute atomic E-state index is 6.32. The van der Waals surface area contributed by atoms with Gasteiger partial charge in [0, 0.05) is 11.1 Å². The third-order valence-electron chi connectivity index (χ3n) is 3.37. The van der Waals surface area contributed by atoms with E-state index in [2.05, 4.69) is 18.3 Å². The third-order valence-corrected chi connectivity index (χ3v) is 3.71. The number of hydrogen-bond acceptors (Lipinski definition) is 2. The number of methoxy groups -OCH3 is 1. The van der Waals surface area contributed by atoms with E-state index in [0.717, 1.165) is 30.2 Å². The van der Waals surface area contributed by atoms with Crippen molar-refractivity contribution in [3.8, 4) is 5.75 Å². The lowest BCUT2D eigenvalue weighted by atomic mass is 9.87. The minimum Gasteiger partial charge on any atom is -0.497 e. The molecule has 0 heterocycles. The fourth-order valence-corrected chi connectivity index (χ4v) is 2.80. The largest absolute Gasteiger partial charge is 0.497 e. The lowest BCUT2D eigenvalue weighted by Gasteiger charge is -2.27.